The number of benzene rings is 14. The molecule has 0 bridgehead atoms. The summed E-state index contributed by atoms with van der Waals surface area (Å²) >= 11 is 0. The molecule has 0 N–H and O–H groups in total. The van der Waals surface area contributed by atoms with E-state index in [9.17, 15) is 0 Å². The van der Waals surface area contributed by atoms with E-state index in [1.165, 1.54) is 155 Å². The zero-order valence-electron chi connectivity index (χ0n) is 58.3. The van der Waals surface area contributed by atoms with Crippen LogP contribution in [0.1, 0.15) is 119 Å². The van der Waals surface area contributed by atoms with Gasteiger partial charge in [0.05, 0.1) is 0 Å². The molecule has 0 aliphatic heterocycles. The van der Waals surface area contributed by atoms with Gasteiger partial charge < -0.3 is 9.80 Å². The maximum Gasteiger partial charge on any atom is 0.0466 e. The first kappa shape index (κ1) is 61.3. The Labute approximate surface area is 584 Å². The molecule has 2 nitrogen and oxygen atoms in total. The standard InChI is InChI=1S/C97H80N2/c1-61-47-62(2)50-81(49-61)98(77-35-31-71(32-36-77)75-29-27-69-15-11-13-17-73(69)57-75)79-39-45-87-85-43-25-67(55-91(85)96(7,8)93(87)59-79)21-19-65-23-41-83-84-42-24-66(54-90(84)95(5,6)89(83)53-65)20-22-68-26-44-86-88-46-40-80(60-94(88)97(9,10)92(86)56-68)99(82-51-63(3)48-64(4)52-82)78-37-33-72(34-38-78)76-30-28-70-16-12-14-18-74(70)58-76/h11-60H,1-10H3. The van der Waals surface area contributed by atoms with Crippen LogP contribution in [0.3, 0.4) is 0 Å². The van der Waals surface area contributed by atoms with Crippen molar-refractivity contribution in [3.05, 3.63) is 357 Å². The molecule has 3 aliphatic rings. The second-order valence-electron chi connectivity index (χ2n) is 29.8. The summed E-state index contributed by atoms with van der Waals surface area (Å²) in [6, 6.07) is 105. The van der Waals surface area contributed by atoms with Gasteiger partial charge in [-0.15, -0.1) is 0 Å². The van der Waals surface area contributed by atoms with Crippen molar-refractivity contribution in [1.82, 2.24) is 0 Å². The smallest absolute Gasteiger partial charge is 0.0466 e. The molecule has 17 rings (SSSR count). The number of hydrogen-bond donors (Lipinski definition) is 0. The Kier molecular flexibility index (Phi) is 14.5. The molecule has 14 aromatic carbocycles. The minimum absolute atomic E-state index is 0.174. The van der Waals surface area contributed by atoms with Crippen LogP contribution in [0.25, 0.3) is 101 Å². The van der Waals surface area contributed by atoms with Gasteiger partial charge in [-0.05, 0) is 268 Å². The summed E-state index contributed by atoms with van der Waals surface area (Å²) in [5.41, 5.74) is 37.0. The van der Waals surface area contributed by atoms with Crippen LogP contribution in [0.5, 0.6) is 0 Å². The lowest BCUT2D eigenvalue weighted by Crippen LogP contribution is -2.17. The third kappa shape index (κ3) is 10.7. The molecule has 0 atom stereocenters. The van der Waals surface area contributed by atoms with Crippen molar-refractivity contribution in [3.63, 3.8) is 0 Å². The van der Waals surface area contributed by atoms with E-state index < -0.39 is 0 Å². The van der Waals surface area contributed by atoms with Crippen molar-refractivity contribution < 1.29 is 0 Å². The van der Waals surface area contributed by atoms with Crippen LogP contribution < -0.4 is 9.80 Å². The highest BCUT2D eigenvalue weighted by Gasteiger charge is 2.39. The van der Waals surface area contributed by atoms with E-state index in [1.807, 2.05) is 0 Å². The van der Waals surface area contributed by atoms with Crippen molar-refractivity contribution >= 4 is 80.0 Å². The van der Waals surface area contributed by atoms with Crippen LogP contribution >= 0.6 is 0 Å². The van der Waals surface area contributed by atoms with Gasteiger partial charge in [0.1, 0.15) is 0 Å². The van der Waals surface area contributed by atoms with Crippen molar-refractivity contribution in [1.29, 1.82) is 0 Å². The normalized spacial score (nSPS) is 14.1. The number of hydrogen-bond acceptors (Lipinski definition) is 2. The quantitative estimate of drug-likeness (QED) is 0.113. The minimum Gasteiger partial charge on any atom is -0.310 e. The van der Waals surface area contributed by atoms with Gasteiger partial charge >= 0.3 is 0 Å². The van der Waals surface area contributed by atoms with E-state index in [-0.39, 0.29) is 16.2 Å². The fourth-order valence-corrected chi connectivity index (χ4v) is 16.7. The summed E-state index contributed by atoms with van der Waals surface area (Å²) in [5, 5.41) is 5.02. The summed E-state index contributed by atoms with van der Waals surface area (Å²) in [5.74, 6) is 0. The van der Waals surface area contributed by atoms with Crippen LogP contribution in [0.4, 0.5) is 34.1 Å². The number of rotatable bonds is 12. The maximum atomic E-state index is 2.45. The van der Waals surface area contributed by atoms with Crippen LogP contribution in [0.2, 0.25) is 0 Å². The second-order valence-corrected chi connectivity index (χ2v) is 29.8. The molecule has 0 fully saturated rings. The molecule has 0 aromatic heterocycles. The Balaban J connectivity index is 0.601. The first-order valence-corrected chi connectivity index (χ1v) is 35.1. The number of aryl methyl sites for hydroxylation is 4. The van der Waals surface area contributed by atoms with Crippen molar-refractivity contribution in [2.45, 2.75) is 85.5 Å². The van der Waals surface area contributed by atoms with Gasteiger partial charge in [-0.25, -0.2) is 0 Å². The lowest BCUT2D eigenvalue weighted by Gasteiger charge is -2.29. The van der Waals surface area contributed by atoms with E-state index in [0.29, 0.717) is 0 Å². The predicted octanol–water partition coefficient (Wildman–Crippen LogP) is 26.8. The topological polar surface area (TPSA) is 6.48 Å². The highest BCUT2D eigenvalue weighted by atomic mass is 15.1. The van der Waals surface area contributed by atoms with E-state index in [0.717, 1.165) is 34.1 Å². The van der Waals surface area contributed by atoms with Gasteiger partial charge in [-0.2, -0.15) is 0 Å². The lowest BCUT2D eigenvalue weighted by atomic mass is 9.81. The summed E-state index contributed by atoms with van der Waals surface area (Å²) < 4.78 is 0. The molecule has 3 aliphatic carbocycles. The van der Waals surface area contributed by atoms with Crippen LogP contribution in [-0.4, -0.2) is 0 Å². The molecule has 2 heteroatoms. The summed E-state index contributed by atoms with van der Waals surface area (Å²) in [6.45, 7) is 23.2. The Morgan fingerprint density at radius 1 is 0.212 bits per heavy atom. The SMILES string of the molecule is Cc1cc(C)cc(N(c2ccc(-c3ccc4ccccc4c3)cc2)c2ccc3c(c2)C(C)(C)c2cc(C=Cc4ccc5c(c4)C(C)(C)c4cc(C=Cc6ccc7c(c6)C(C)(C)c6cc(N(c8ccc(-c9ccc%10ccccc%10c9)cc8)c8cc(C)cc(C)c8)ccc6-7)ccc4-5)ccc2-3)c1. The highest BCUT2D eigenvalue weighted by molar-refractivity contribution is 5.93. The molecular formula is C97H80N2. The highest BCUT2D eigenvalue weighted by Crippen LogP contribution is 2.55. The van der Waals surface area contributed by atoms with Gasteiger partial charge in [0.15, 0.2) is 0 Å². The predicted molar refractivity (Wildman–Crippen MR) is 424 cm³/mol. The van der Waals surface area contributed by atoms with Crippen molar-refractivity contribution in [2.24, 2.45) is 0 Å². The van der Waals surface area contributed by atoms with Gasteiger partial charge in [-0.1, -0.05) is 260 Å². The van der Waals surface area contributed by atoms with E-state index in [1.54, 1.807) is 0 Å². The zero-order chi connectivity index (χ0) is 67.6. The molecule has 0 spiro atoms. The number of nitrogens with zero attached hydrogens (tertiary/aromatic N) is 2. The Morgan fingerprint density at radius 3 is 0.788 bits per heavy atom. The fourth-order valence-electron chi connectivity index (χ4n) is 16.7. The zero-order valence-corrected chi connectivity index (χ0v) is 58.3. The molecule has 0 saturated carbocycles. The number of fused-ring (bicyclic) bond motifs is 11. The van der Waals surface area contributed by atoms with Crippen molar-refractivity contribution in [2.75, 3.05) is 9.80 Å². The third-order valence-electron chi connectivity index (χ3n) is 21.9. The van der Waals surface area contributed by atoms with Crippen LogP contribution in [0, 0.1) is 27.7 Å². The first-order valence-electron chi connectivity index (χ1n) is 35.1. The molecule has 0 amide bonds. The molecule has 0 saturated heterocycles. The van der Waals surface area contributed by atoms with Crippen molar-refractivity contribution in [3.8, 4) is 55.6 Å². The Hall–Kier alpha value is -11.3. The van der Waals surface area contributed by atoms with Gasteiger partial charge in [0.2, 0.25) is 0 Å². The minimum atomic E-state index is -0.215. The molecule has 0 heterocycles. The van der Waals surface area contributed by atoms with E-state index in [2.05, 4.69) is 382 Å². The summed E-state index contributed by atoms with van der Waals surface area (Å²) in [7, 11) is 0. The van der Waals surface area contributed by atoms with Gasteiger partial charge in [-0.3, -0.25) is 0 Å². The Morgan fingerprint density at radius 2 is 0.475 bits per heavy atom. The van der Waals surface area contributed by atoms with E-state index in [4.69, 9.17) is 0 Å². The molecule has 99 heavy (non-hydrogen) atoms. The molecule has 0 unspecified atom stereocenters. The monoisotopic (exact) mass is 1270 g/mol. The lowest BCUT2D eigenvalue weighted by molar-refractivity contribution is 0.660. The molecule has 0 radical (unpaired) electrons. The molecular weight excluding hydrogens is 1190 g/mol. The summed E-state index contributed by atoms with van der Waals surface area (Å²) in [4.78, 5) is 4.87. The van der Waals surface area contributed by atoms with Crippen LogP contribution in [0.15, 0.2) is 279 Å². The second kappa shape index (κ2) is 23.5. The van der Waals surface area contributed by atoms with E-state index >= 15 is 0 Å². The average Bonchev–Trinajstić information content (AvgIpc) is 1.59. The van der Waals surface area contributed by atoms with Crippen LogP contribution in [-0.2, 0) is 16.2 Å². The average molecular weight is 1270 g/mol. The first-order chi connectivity index (χ1) is 47.9. The summed E-state index contributed by atoms with van der Waals surface area (Å²) in [6.07, 6.45) is 9.22. The maximum absolute atomic E-state index is 2.45. The molecule has 14 aromatic rings. The Bertz CT molecular complexity index is 5300. The third-order valence-corrected chi connectivity index (χ3v) is 21.9. The largest absolute Gasteiger partial charge is 0.310 e. The fraction of sp³-hybridized carbons (Fsp3) is 0.134. The van der Waals surface area contributed by atoms with Gasteiger partial charge in [0.25, 0.3) is 0 Å². The number of anilines is 6. The van der Waals surface area contributed by atoms with Gasteiger partial charge in [0, 0.05) is 50.4 Å². The molecule has 478 valence electrons.